The Morgan fingerprint density at radius 2 is 1.89 bits per heavy atom. The van der Waals surface area contributed by atoms with Crippen molar-refractivity contribution in [1.82, 2.24) is 14.9 Å². The second-order valence-electron chi connectivity index (χ2n) is 10.4. The van der Waals surface area contributed by atoms with Crippen LogP contribution in [0.15, 0.2) is 54.6 Å². The second kappa shape index (κ2) is 13.9. The Labute approximate surface area is 231 Å². The highest BCUT2D eigenvalue weighted by Gasteiger charge is 2.31. The van der Waals surface area contributed by atoms with Crippen LogP contribution in [0.4, 0.5) is 0 Å². The SMILES string of the molecule is CCCCc1nc(Cl)c(CO)n1Cc1ccc(C2CCCC2CC(=O)NC(CCO)c2ccccc2)cc1. The third kappa shape index (κ3) is 7.04. The molecule has 3 N–H and O–H groups in total. The summed E-state index contributed by atoms with van der Waals surface area (Å²) in [4.78, 5) is 17.5. The molecule has 1 aromatic heterocycles. The number of hydrogen-bond acceptors (Lipinski definition) is 4. The van der Waals surface area contributed by atoms with Gasteiger partial charge in [-0.1, -0.05) is 86.0 Å². The van der Waals surface area contributed by atoms with Gasteiger partial charge in [-0.2, -0.15) is 0 Å². The lowest BCUT2D eigenvalue weighted by molar-refractivity contribution is -0.123. The van der Waals surface area contributed by atoms with Crippen molar-refractivity contribution in [2.45, 2.75) is 83.4 Å². The average Bonchev–Trinajstić information content (AvgIpc) is 3.51. The average molecular weight is 538 g/mol. The highest BCUT2D eigenvalue weighted by Crippen LogP contribution is 2.41. The van der Waals surface area contributed by atoms with Crippen LogP contribution < -0.4 is 5.32 Å². The molecule has 2 aromatic carbocycles. The van der Waals surface area contributed by atoms with Crippen LogP contribution in [0.25, 0.3) is 0 Å². The van der Waals surface area contributed by atoms with Gasteiger partial charge in [-0.15, -0.1) is 0 Å². The Bertz CT molecular complexity index is 1160. The number of carbonyl (C=O) groups is 1. The molecule has 0 bridgehead atoms. The fraction of sp³-hybridized carbons (Fsp3) is 0.484. The number of nitrogens with one attached hydrogen (secondary N) is 1. The number of nitrogens with zero attached hydrogens (tertiary/aromatic N) is 2. The van der Waals surface area contributed by atoms with Crippen molar-refractivity contribution < 1.29 is 15.0 Å². The number of aryl methyl sites for hydroxylation is 1. The van der Waals surface area contributed by atoms with E-state index in [2.05, 4.69) is 41.5 Å². The first kappa shape index (κ1) is 28.3. The van der Waals surface area contributed by atoms with E-state index in [1.54, 1.807) is 0 Å². The number of hydrogen-bond donors (Lipinski definition) is 3. The van der Waals surface area contributed by atoms with Gasteiger partial charge in [-0.25, -0.2) is 4.98 Å². The number of aliphatic hydroxyl groups excluding tert-OH is 2. The van der Waals surface area contributed by atoms with Crippen LogP contribution in [0.1, 0.15) is 92.0 Å². The van der Waals surface area contributed by atoms with E-state index < -0.39 is 0 Å². The highest BCUT2D eigenvalue weighted by molar-refractivity contribution is 6.30. The zero-order valence-electron chi connectivity index (χ0n) is 22.3. The van der Waals surface area contributed by atoms with Crippen molar-refractivity contribution in [2.24, 2.45) is 5.92 Å². The van der Waals surface area contributed by atoms with E-state index in [9.17, 15) is 15.0 Å². The summed E-state index contributed by atoms with van der Waals surface area (Å²) in [6, 6.07) is 18.4. The van der Waals surface area contributed by atoms with E-state index in [0.717, 1.165) is 55.5 Å². The molecular formula is C31H40ClN3O3. The van der Waals surface area contributed by atoms with Gasteiger partial charge in [0.15, 0.2) is 5.15 Å². The Hall–Kier alpha value is -2.67. The van der Waals surface area contributed by atoms with Gasteiger partial charge in [0.05, 0.1) is 18.3 Å². The molecule has 1 aliphatic rings. The van der Waals surface area contributed by atoms with E-state index in [4.69, 9.17) is 11.6 Å². The van der Waals surface area contributed by atoms with Crippen LogP contribution in [-0.2, 0) is 24.4 Å². The smallest absolute Gasteiger partial charge is 0.220 e. The van der Waals surface area contributed by atoms with Crippen molar-refractivity contribution in [1.29, 1.82) is 0 Å². The number of amides is 1. The number of rotatable bonds is 13. The minimum Gasteiger partial charge on any atom is -0.396 e. The summed E-state index contributed by atoms with van der Waals surface area (Å²) in [6.07, 6.45) is 7.19. The summed E-state index contributed by atoms with van der Waals surface area (Å²) in [5, 5.41) is 22.9. The Morgan fingerprint density at radius 3 is 2.58 bits per heavy atom. The summed E-state index contributed by atoms with van der Waals surface area (Å²) in [5.74, 6) is 1.63. The third-order valence-electron chi connectivity index (χ3n) is 7.82. The van der Waals surface area contributed by atoms with E-state index in [-0.39, 0.29) is 25.2 Å². The van der Waals surface area contributed by atoms with Crippen LogP contribution >= 0.6 is 11.6 Å². The first-order chi connectivity index (χ1) is 18.5. The molecule has 3 unspecified atom stereocenters. The fourth-order valence-corrected chi connectivity index (χ4v) is 6.03. The number of halogens is 1. The van der Waals surface area contributed by atoms with Crippen molar-refractivity contribution in [2.75, 3.05) is 6.61 Å². The largest absolute Gasteiger partial charge is 0.396 e. The van der Waals surface area contributed by atoms with Gasteiger partial charge < -0.3 is 20.1 Å². The molecule has 0 saturated heterocycles. The van der Waals surface area contributed by atoms with Gasteiger partial charge in [-0.05, 0) is 54.2 Å². The number of imidazole rings is 1. The lowest BCUT2D eigenvalue weighted by atomic mass is 9.86. The molecule has 204 valence electrons. The van der Waals surface area contributed by atoms with Gasteiger partial charge in [0.2, 0.25) is 5.91 Å². The van der Waals surface area contributed by atoms with Gasteiger partial charge in [0.1, 0.15) is 5.82 Å². The van der Waals surface area contributed by atoms with Gasteiger partial charge in [-0.3, -0.25) is 4.79 Å². The van der Waals surface area contributed by atoms with Crippen LogP contribution in [0.5, 0.6) is 0 Å². The zero-order valence-corrected chi connectivity index (χ0v) is 23.0. The van der Waals surface area contributed by atoms with Crippen LogP contribution in [0, 0.1) is 5.92 Å². The lowest BCUT2D eigenvalue weighted by Crippen LogP contribution is -2.31. The topological polar surface area (TPSA) is 87.4 Å². The molecule has 3 aromatic rings. The molecule has 1 heterocycles. The van der Waals surface area contributed by atoms with Crippen LogP contribution in [-0.4, -0.2) is 32.3 Å². The highest BCUT2D eigenvalue weighted by atomic mass is 35.5. The fourth-order valence-electron chi connectivity index (χ4n) is 5.77. The molecule has 1 amide bonds. The monoisotopic (exact) mass is 537 g/mol. The van der Waals surface area contributed by atoms with Crippen molar-refractivity contribution >= 4 is 17.5 Å². The number of unbranched alkanes of at least 4 members (excludes halogenated alkanes) is 1. The molecule has 1 aliphatic carbocycles. The molecule has 1 saturated carbocycles. The number of aliphatic hydroxyl groups is 2. The molecule has 0 spiro atoms. The van der Waals surface area contributed by atoms with Crippen molar-refractivity contribution in [3.63, 3.8) is 0 Å². The minimum absolute atomic E-state index is 0.0312. The number of aromatic nitrogens is 2. The zero-order chi connectivity index (χ0) is 26.9. The normalized spacial score (nSPS) is 18.0. The second-order valence-corrected chi connectivity index (χ2v) is 10.8. The molecular weight excluding hydrogens is 498 g/mol. The maximum Gasteiger partial charge on any atom is 0.220 e. The summed E-state index contributed by atoms with van der Waals surface area (Å²) in [5.41, 5.74) is 4.10. The summed E-state index contributed by atoms with van der Waals surface area (Å²) >= 11 is 6.31. The molecule has 4 rings (SSSR count). The molecule has 0 aliphatic heterocycles. The van der Waals surface area contributed by atoms with E-state index >= 15 is 0 Å². The van der Waals surface area contributed by atoms with Crippen molar-refractivity contribution in [3.8, 4) is 0 Å². The number of benzene rings is 2. The van der Waals surface area contributed by atoms with Gasteiger partial charge in [0, 0.05) is 26.0 Å². The first-order valence-electron chi connectivity index (χ1n) is 13.9. The van der Waals surface area contributed by atoms with Crippen LogP contribution in [0.3, 0.4) is 0 Å². The number of carbonyl (C=O) groups excluding carboxylic acids is 1. The maximum absolute atomic E-state index is 13.0. The van der Waals surface area contributed by atoms with Crippen LogP contribution in [0.2, 0.25) is 5.15 Å². The van der Waals surface area contributed by atoms with Crippen molar-refractivity contribution in [3.05, 3.63) is 88.0 Å². The van der Waals surface area contributed by atoms with E-state index in [1.807, 2.05) is 34.9 Å². The molecule has 6 nitrogen and oxygen atoms in total. The van der Waals surface area contributed by atoms with Gasteiger partial charge >= 0.3 is 0 Å². The summed E-state index contributed by atoms with van der Waals surface area (Å²) in [6.45, 7) is 2.67. The van der Waals surface area contributed by atoms with Gasteiger partial charge in [0.25, 0.3) is 0 Å². The maximum atomic E-state index is 13.0. The predicted octanol–water partition coefficient (Wildman–Crippen LogP) is 5.93. The quantitative estimate of drug-likeness (QED) is 0.252. The minimum atomic E-state index is -0.171. The first-order valence-corrected chi connectivity index (χ1v) is 14.3. The van der Waals surface area contributed by atoms with E-state index in [0.29, 0.717) is 42.1 Å². The molecule has 38 heavy (non-hydrogen) atoms. The van der Waals surface area contributed by atoms with E-state index in [1.165, 1.54) is 5.56 Å². The Balaban J connectivity index is 1.41. The lowest BCUT2D eigenvalue weighted by Gasteiger charge is -2.23. The Kier molecular flexibility index (Phi) is 10.4. The molecule has 3 atom stereocenters. The summed E-state index contributed by atoms with van der Waals surface area (Å²) in [7, 11) is 0. The predicted molar refractivity (Wildman–Crippen MR) is 151 cm³/mol. The standard InChI is InChI=1S/C31H40ClN3O3/c1-2-3-12-29-34-31(32)28(21-37)35(29)20-22-13-15-23(16-14-22)26-11-7-10-25(26)19-30(38)33-27(17-18-36)24-8-5-4-6-9-24/h4-6,8-9,13-16,25-27,36-37H,2-3,7,10-12,17-21H2,1H3,(H,33,38). The Morgan fingerprint density at radius 1 is 1.13 bits per heavy atom. The molecule has 0 radical (unpaired) electrons. The summed E-state index contributed by atoms with van der Waals surface area (Å²) < 4.78 is 2.05. The molecule has 7 heteroatoms. The molecule has 1 fully saturated rings. The third-order valence-corrected chi connectivity index (χ3v) is 8.12.